The van der Waals surface area contributed by atoms with E-state index in [1.807, 2.05) is 38.1 Å². The monoisotopic (exact) mass is 375 g/mol. The summed E-state index contributed by atoms with van der Waals surface area (Å²) in [6.45, 7) is 3.66. The van der Waals surface area contributed by atoms with E-state index in [1.165, 1.54) is 5.56 Å². The molecule has 1 aromatic carbocycles. The molecule has 7 heteroatoms. The number of carbonyl (C=O) groups is 1. The van der Waals surface area contributed by atoms with Gasteiger partial charge in [0.2, 0.25) is 0 Å². The predicted molar refractivity (Wildman–Crippen MR) is 104 cm³/mol. The molecule has 3 aromatic rings. The number of amides is 1. The lowest BCUT2D eigenvalue weighted by Gasteiger charge is -2.14. The van der Waals surface area contributed by atoms with Crippen LogP contribution in [0.4, 0.5) is 4.79 Å². The summed E-state index contributed by atoms with van der Waals surface area (Å²) in [7, 11) is 0. The maximum atomic E-state index is 11.9. The highest BCUT2D eigenvalue weighted by Crippen LogP contribution is 2.33. The third-order valence-corrected chi connectivity index (χ3v) is 4.94. The number of nitrogens with zero attached hydrogens (tertiary/aromatic N) is 3. The van der Waals surface area contributed by atoms with Crippen LogP contribution in [0, 0.1) is 11.3 Å². The van der Waals surface area contributed by atoms with Gasteiger partial charge in [-0.3, -0.25) is 0 Å². The van der Waals surface area contributed by atoms with E-state index >= 15 is 0 Å². The Morgan fingerprint density at radius 1 is 1.36 bits per heavy atom. The summed E-state index contributed by atoms with van der Waals surface area (Å²) in [5.41, 5.74) is 4.85. The molecule has 0 saturated carbocycles. The van der Waals surface area contributed by atoms with Gasteiger partial charge in [-0.1, -0.05) is 6.07 Å². The molecule has 2 heterocycles. The molecule has 142 valence electrons. The van der Waals surface area contributed by atoms with Crippen LogP contribution in [0.15, 0.2) is 36.5 Å². The van der Waals surface area contributed by atoms with Crippen molar-refractivity contribution in [3.05, 3.63) is 59.0 Å². The molecule has 0 radical (unpaired) electrons. The lowest BCUT2D eigenvalue weighted by Crippen LogP contribution is -2.37. The number of fused-ring (bicyclic) bond motifs is 3. The molecule has 2 N–H and O–H groups in total. The highest BCUT2D eigenvalue weighted by Gasteiger charge is 2.28. The van der Waals surface area contributed by atoms with Crippen molar-refractivity contribution in [2.75, 3.05) is 0 Å². The van der Waals surface area contributed by atoms with E-state index in [0.717, 1.165) is 35.0 Å². The van der Waals surface area contributed by atoms with Gasteiger partial charge in [-0.05, 0) is 55.7 Å². The number of nitrogens with one attached hydrogen (secondary N) is 2. The Morgan fingerprint density at radius 2 is 2.21 bits per heavy atom. The molecule has 0 fully saturated rings. The topological polar surface area (TPSA) is 104 Å². The normalized spacial score (nSPS) is 16.6. The first-order valence-electron chi connectivity index (χ1n) is 9.33. The number of ether oxygens (including phenoxy) is 1. The fourth-order valence-corrected chi connectivity index (χ4v) is 3.77. The molecule has 7 nitrogen and oxygen atoms in total. The highest BCUT2D eigenvalue weighted by atomic mass is 16.6. The van der Waals surface area contributed by atoms with Crippen molar-refractivity contribution in [3.8, 4) is 6.07 Å². The van der Waals surface area contributed by atoms with Gasteiger partial charge in [0.25, 0.3) is 0 Å². The van der Waals surface area contributed by atoms with E-state index in [4.69, 9.17) is 4.74 Å². The fourth-order valence-electron chi connectivity index (χ4n) is 3.77. The van der Waals surface area contributed by atoms with E-state index in [9.17, 15) is 10.1 Å². The van der Waals surface area contributed by atoms with Crippen LogP contribution >= 0.6 is 0 Å². The maximum Gasteiger partial charge on any atom is 0.407 e. The minimum atomic E-state index is -0.472. The molecule has 28 heavy (non-hydrogen) atoms. The quantitative estimate of drug-likeness (QED) is 0.729. The second kappa shape index (κ2) is 7.31. The Hall–Kier alpha value is -3.40. The molecule has 0 saturated heterocycles. The number of rotatable bonds is 4. The van der Waals surface area contributed by atoms with Crippen LogP contribution in [0.2, 0.25) is 0 Å². The third-order valence-electron chi connectivity index (χ3n) is 4.94. The molecule has 1 amide bonds. The Bertz CT molecular complexity index is 1050. The first kappa shape index (κ1) is 18.0. The first-order valence-corrected chi connectivity index (χ1v) is 9.33. The van der Waals surface area contributed by atoms with Gasteiger partial charge in [0.15, 0.2) is 0 Å². The number of nitriles is 1. The van der Waals surface area contributed by atoms with Crippen molar-refractivity contribution in [2.45, 2.75) is 44.8 Å². The van der Waals surface area contributed by atoms with Gasteiger partial charge in [0, 0.05) is 35.3 Å². The second-order valence-corrected chi connectivity index (χ2v) is 7.30. The highest BCUT2D eigenvalue weighted by molar-refractivity contribution is 5.86. The van der Waals surface area contributed by atoms with Gasteiger partial charge in [0.05, 0.1) is 17.9 Å². The first-order chi connectivity index (χ1) is 13.5. The van der Waals surface area contributed by atoms with Crippen LogP contribution < -0.4 is 5.32 Å². The van der Waals surface area contributed by atoms with Crippen LogP contribution in [0.1, 0.15) is 42.3 Å². The fraction of sp³-hybridized carbons (Fsp3) is 0.333. The molecule has 2 atom stereocenters. The molecule has 1 aliphatic rings. The van der Waals surface area contributed by atoms with Crippen molar-refractivity contribution < 1.29 is 9.53 Å². The second-order valence-electron chi connectivity index (χ2n) is 7.30. The van der Waals surface area contributed by atoms with Gasteiger partial charge in [-0.25, -0.2) is 4.79 Å². The molecule has 0 aliphatic heterocycles. The molecule has 2 unspecified atom stereocenters. The molecule has 1 aliphatic carbocycles. The van der Waals surface area contributed by atoms with Gasteiger partial charge in [-0.15, -0.1) is 0 Å². The lowest BCUT2D eigenvalue weighted by molar-refractivity contribution is 0.112. The summed E-state index contributed by atoms with van der Waals surface area (Å²) in [6.07, 6.45) is 2.53. The number of H-pyrrole nitrogens is 1. The van der Waals surface area contributed by atoms with Crippen molar-refractivity contribution >= 4 is 17.0 Å². The largest absolute Gasteiger partial charge is 0.447 e. The summed E-state index contributed by atoms with van der Waals surface area (Å²) in [6, 6.07) is 11.9. The minimum absolute atomic E-state index is 0.00677. The average molecular weight is 375 g/mol. The Morgan fingerprint density at radius 3 is 2.93 bits per heavy atom. The van der Waals surface area contributed by atoms with E-state index < -0.39 is 5.92 Å². The van der Waals surface area contributed by atoms with E-state index in [2.05, 4.69) is 26.6 Å². The Labute approximate surface area is 162 Å². The van der Waals surface area contributed by atoms with Gasteiger partial charge < -0.3 is 15.0 Å². The molecule has 4 rings (SSSR count). The van der Waals surface area contributed by atoms with Crippen molar-refractivity contribution in [1.29, 1.82) is 5.26 Å². The number of carbonyl (C=O) groups excluding carboxylic acids is 1. The number of aromatic amines is 1. The average Bonchev–Trinajstić information content (AvgIpc) is 3.19. The number of hydrogen-bond acceptors (Lipinski definition) is 5. The van der Waals surface area contributed by atoms with Crippen LogP contribution in [-0.4, -0.2) is 33.4 Å². The summed E-state index contributed by atoms with van der Waals surface area (Å²) in [4.78, 5) is 15.3. The zero-order valence-electron chi connectivity index (χ0n) is 15.8. The van der Waals surface area contributed by atoms with E-state index in [0.29, 0.717) is 5.69 Å². The van der Waals surface area contributed by atoms with Crippen LogP contribution in [-0.2, 0) is 17.6 Å². The summed E-state index contributed by atoms with van der Waals surface area (Å²) < 4.78 is 5.18. The molecular formula is C21H21N5O2. The smallest absolute Gasteiger partial charge is 0.407 e. The van der Waals surface area contributed by atoms with Crippen LogP contribution in [0.3, 0.4) is 0 Å². The maximum absolute atomic E-state index is 11.9. The number of hydrogen-bond donors (Lipinski definition) is 2. The zero-order valence-corrected chi connectivity index (χ0v) is 15.8. The lowest BCUT2D eigenvalue weighted by atomic mass is 9.95. The summed E-state index contributed by atoms with van der Waals surface area (Å²) in [5.74, 6) is -0.472. The van der Waals surface area contributed by atoms with Gasteiger partial charge in [0.1, 0.15) is 5.92 Å². The summed E-state index contributed by atoms with van der Waals surface area (Å²) in [5, 5.41) is 21.7. The Kier molecular flexibility index (Phi) is 4.70. The van der Waals surface area contributed by atoms with Crippen molar-refractivity contribution in [3.63, 3.8) is 0 Å². The van der Waals surface area contributed by atoms with Gasteiger partial charge >= 0.3 is 6.09 Å². The number of aromatic nitrogens is 3. The molecule has 2 aromatic heterocycles. The van der Waals surface area contributed by atoms with Crippen molar-refractivity contribution in [1.82, 2.24) is 20.5 Å². The Balaban J connectivity index is 1.60. The predicted octanol–water partition coefficient (Wildman–Crippen LogP) is 3.22. The van der Waals surface area contributed by atoms with E-state index in [-0.39, 0.29) is 18.2 Å². The number of benzene rings is 1. The van der Waals surface area contributed by atoms with Crippen molar-refractivity contribution in [2.24, 2.45) is 0 Å². The standard InChI is InChI=1S/C21H21N5O2/c1-12(2)28-21(27)24-14-9-16-15-8-13(5-6-18(15)25-20(16)10-14)17(11-22)19-4-3-7-23-26-19/h3-8,12,14,17,25H,9-10H2,1-2H3,(H,24,27). The van der Waals surface area contributed by atoms with Crippen LogP contribution in [0.25, 0.3) is 10.9 Å². The zero-order chi connectivity index (χ0) is 19.7. The molecular weight excluding hydrogens is 354 g/mol. The number of alkyl carbamates (subject to hydrolysis) is 1. The van der Waals surface area contributed by atoms with Gasteiger partial charge in [-0.2, -0.15) is 15.5 Å². The summed E-state index contributed by atoms with van der Waals surface area (Å²) >= 11 is 0. The third kappa shape index (κ3) is 3.41. The van der Waals surface area contributed by atoms with E-state index in [1.54, 1.807) is 12.3 Å². The SMILES string of the molecule is CC(C)OC(=O)NC1Cc2[nH]c3ccc(C(C#N)c4cccnn4)cc3c2C1. The molecule has 0 bridgehead atoms. The minimum Gasteiger partial charge on any atom is -0.447 e. The molecule has 0 spiro atoms. The van der Waals surface area contributed by atoms with Crippen LogP contribution in [0.5, 0.6) is 0 Å².